The van der Waals surface area contributed by atoms with Crippen molar-refractivity contribution < 1.29 is 33.3 Å². The number of benzene rings is 2. The van der Waals surface area contributed by atoms with Crippen LogP contribution in [-0.4, -0.2) is 42.5 Å². The Hall–Kier alpha value is -4.20. The highest BCUT2D eigenvalue weighted by molar-refractivity contribution is 6.46. The summed E-state index contributed by atoms with van der Waals surface area (Å²) >= 11 is 0. The number of aliphatic hydroxyl groups excluding tert-OH is 1. The Morgan fingerprint density at radius 1 is 1.03 bits per heavy atom. The van der Waals surface area contributed by atoms with Gasteiger partial charge in [0.25, 0.3) is 11.7 Å². The van der Waals surface area contributed by atoms with Gasteiger partial charge in [0, 0.05) is 5.56 Å². The van der Waals surface area contributed by atoms with Crippen molar-refractivity contribution in [2.75, 3.05) is 20.8 Å². The zero-order valence-electron chi connectivity index (χ0n) is 19.1. The molecule has 0 saturated carbocycles. The summed E-state index contributed by atoms with van der Waals surface area (Å²) in [6.07, 6.45) is 1.50. The first-order valence-corrected chi connectivity index (χ1v) is 10.7. The van der Waals surface area contributed by atoms with Crippen LogP contribution >= 0.6 is 0 Å². The molecule has 0 bridgehead atoms. The molecule has 1 amide bonds. The van der Waals surface area contributed by atoms with E-state index in [9.17, 15) is 14.7 Å². The molecular weight excluding hydrogens is 438 g/mol. The van der Waals surface area contributed by atoms with Gasteiger partial charge in [0.15, 0.2) is 11.5 Å². The molecule has 1 unspecified atom stereocenters. The summed E-state index contributed by atoms with van der Waals surface area (Å²) in [5, 5.41) is 11.2. The van der Waals surface area contributed by atoms with Crippen LogP contribution in [0.25, 0.3) is 5.76 Å². The number of furan rings is 1. The smallest absolute Gasteiger partial charge is 0.296 e. The van der Waals surface area contributed by atoms with Crippen molar-refractivity contribution in [3.8, 4) is 17.2 Å². The maximum Gasteiger partial charge on any atom is 0.296 e. The summed E-state index contributed by atoms with van der Waals surface area (Å²) in [6.45, 7) is 2.43. The van der Waals surface area contributed by atoms with Gasteiger partial charge in [-0.2, -0.15) is 0 Å². The minimum Gasteiger partial charge on any atom is -0.507 e. The van der Waals surface area contributed by atoms with Gasteiger partial charge in [0.2, 0.25) is 0 Å². The normalized spacial score (nSPS) is 17.1. The van der Waals surface area contributed by atoms with Gasteiger partial charge in [0.05, 0.1) is 45.2 Å². The summed E-state index contributed by atoms with van der Waals surface area (Å²) in [6, 6.07) is 14.4. The highest BCUT2D eigenvalue weighted by Crippen LogP contribution is 2.42. The van der Waals surface area contributed by atoms with Crippen molar-refractivity contribution in [2.24, 2.45) is 0 Å². The summed E-state index contributed by atoms with van der Waals surface area (Å²) in [4.78, 5) is 27.6. The van der Waals surface area contributed by atoms with Crippen LogP contribution in [-0.2, 0) is 16.1 Å². The first-order valence-electron chi connectivity index (χ1n) is 10.7. The van der Waals surface area contributed by atoms with E-state index in [1.165, 1.54) is 25.4 Å². The van der Waals surface area contributed by atoms with Crippen molar-refractivity contribution in [3.63, 3.8) is 0 Å². The number of nitrogens with zero attached hydrogens (tertiary/aromatic N) is 1. The molecule has 1 atom stereocenters. The van der Waals surface area contributed by atoms with E-state index in [0.717, 1.165) is 0 Å². The third-order valence-electron chi connectivity index (χ3n) is 5.61. The predicted octanol–water partition coefficient (Wildman–Crippen LogP) is 4.32. The second kappa shape index (κ2) is 9.74. The zero-order chi connectivity index (χ0) is 24.2. The Morgan fingerprint density at radius 2 is 1.76 bits per heavy atom. The first-order chi connectivity index (χ1) is 16.5. The van der Waals surface area contributed by atoms with Crippen LogP contribution in [0.15, 0.2) is 70.9 Å². The Labute approximate surface area is 197 Å². The van der Waals surface area contributed by atoms with Gasteiger partial charge in [-0.1, -0.05) is 6.07 Å². The Kier molecular flexibility index (Phi) is 6.58. The minimum absolute atomic E-state index is 0.0204. The molecule has 1 aliphatic rings. The lowest BCUT2D eigenvalue weighted by molar-refractivity contribution is -0.140. The van der Waals surface area contributed by atoms with Crippen molar-refractivity contribution in [1.82, 2.24) is 4.90 Å². The molecule has 0 spiro atoms. The summed E-state index contributed by atoms with van der Waals surface area (Å²) in [7, 11) is 3.02. The Balaban J connectivity index is 1.85. The largest absolute Gasteiger partial charge is 0.507 e. The molecule has 8 nitrogen and oxygen atoms in total. The summed E-state index contributed by atoms with van der Waals surface area (Å²) in [5.41, 5.74) is 0.953. The number of hydrogen-bond donors (Lipinski definition) is 1. The summed E-state index contributed by atoms with van der Waals surface area (Å²) in [5.74, 6) is 0.289. The molecular formula is C26H25NO7. The second-order valence-electron chi connectivity index (χ2n) is 7.58. The monoisotopic (exact) mass is 463 g/mol. The molecule has 4 rings (SSSR count). The molecule has 3 aromatic rings. The highest BCUT2D eigenvalue weighted by Gasteiger charge is 2.46. The number of carbonyl (C=O) groups excluding carboxylic acids is 2. The van der Waals surface area contributed by atoms with Crippen LogP contribution in [0.4, 0.5) is 0 Å². The average Bonchev–Trinajstić information content (AvgIpc) is 3.46. The Morgan fingerprint density at radius 3 is 2.38 bits per heavy atom. The summed E-state index contributed by atoms with van der Waals surface area (Å²) < 4.78 is 21.6. The van der Waals surface area contributed by atoms with E-state index in [2.05, 4.69) is 0 Å². The topological polar surface area (TPSA) is 98.4 Å². The third kappa shape index (κ3) is 4.22. The van der Waals surface area contributed by atoms with Crippen molar-refractivity contribution >= 4 is 17.4 Å². The van der Waals surface area contributed by atoms with Crippen LogP contribution in [0.2, 0.25) is 0 Å². The van der Waals surface area contributed by atoms with Crippen LogP contribution in [0.1, 0.15) is 29.9 Å². The number of likely N-dealkylation sites (tertiary alicyclic amines) is 1. The quantitative estimate of drug-likeness (QED) is 0.302. The van der Waals surface area contributed by atoms with Crippen molar-refractivity contribution in [3.05, 3.63) is 83.3 Å². The molecule has 34 heavy (non-hydrogen) atoms. The van der Waals surface area contributed by atoms with Gasteiger partial charge in [-0.3, -0.25) is 9.59 Å². The van der Waals surface area contributed by atoms with Gasteiger partial charge < -0.3 is 28.6 Å². The van der Waals surface area contributed by atoms with Gasteiger partial charge in [0.1, 0.15) is 17.3 Å². The molecule has 1 N–H and O–H groups in total. The molecule has 0 aliphatic carbocycles. The number of ether oxygens (including phenoxy) is 3. The lowest BCUT2D eigenvalue weighted by atomic mass is 9.95. The lowest BCUT2D eigenvalue weighted by Crippen LogP contribution is -2.29. The number of rotatable bonds is 8. The first kappa shape index (κ1) is 23.0. The number of carbonyl (C=O) groups is 2. The number of Topliss-reactive ketones (excluding diaryl/α,β-unsaturated/α-hetero) is 1. The molecule has 1 saturated heterocycles. The second-order valence-corrected chi connectivity index (χ2v) is 7.58. The van der Waals surface area contributed by atoms with Crippen LogP contribution < -0.4 is 14.2 Å². The van der Waals surface area contributed by atoms with Crippen molar-refractivity contribution in [1.29, 1.82) is 0 Å². The fourth-order valence-corrected chi connectivity index (χ4v) is 4.01. The molecule has 0 radical (unpaired) electrons. The molecule has 2 aromatic carbocycles. The van der Waals surface area contributed by atoms with Crippen LogP contribution in [0, 0.1) is 0 Å². The number of ketones is 1. The van der Waals surface area contributed by atoms with E-state index >= 15 is 0 Å². The molecule has 8 heteroatoms. The molecule has 1 aliphatic heterocycles. The van der Waals surface area contributed by atoms with E-state index in [1.54, 1.807) is 54.6 Å². The average molecular weight is 463 g/mol. The Bertz CT molecular complexity index is 1210. The number of methoxy groups -OCH3 is 2. The minimum atomic E-state index is -0.864. The highest BCUT2D eigenvalue weighted by atomic mass is 16.5. The molecule has 1 fully saturated rings. The van der Waals surface area contributed by atoms with E-state index in [-0.39, 0.29) is 17.9 Å². The van der Waals surface area contributed by atoms with E-state index < -0.39 is 17.7 Å². The maximum atomic E-state index is 13.2. The number of hydrogen-bond acceptors (Lipinski definition) is 7. The van der Waals surface area contributed by atoms with Gasteiger partial charge >= 0.3 is 0 Å². The van der Waals surface area contributed by atoms with Gasteiger partial charge in [-0.15, -0.1) is 0 Å². The lowest BCUT2D eigenvalue weighted by Gasteiger charge is -2.25. The zero-order valence-corrected chi connectivity index (χ0v) is 19.1. The molecule has 176 valence electrons. The fraction of sp³-hybridized carbons (Fsp3) is 0.231. The fourth-order valence-electron chi connectivity index (χ4n) is 4.01. The van der Waals surface area contributed by atoms with Gasteiger partial charge in [-0.05, 0) is 61.0 Å². The van der Waals surface area contributed by atoms with E-state index in [0.29, 0.717) is 40.7 Å². The van der Waals surface area contributed by atoms with Crippen LogP contribution in [0.3, 0.4) is 0 Å². The van der Waals surface area contributed by atoms with E-state index in [4.69, 9.17) is 18.6 Å². The van der Waals surface area contributed by atoms with Crippen molar-refractivity contribution in [2.45, 2.75) is 19.5 Å². The predicted molar refractivity (Wildman–Crippen MR) is 124 cm³/mol. The standard InChI is InChI=1S/C26H25NO7/c1-4-33-18-10-7-16(8-11-18)24(28)22-23(17-9-12-20(31-2)21(14-17)32-3)27(26(30)25(22)29)15-19-6-5-13-34-19/h5-14,23,28H,4,15H2,1-3H3/b24-22-. The number of amides is 1. The third-order valence-corrected chi connectivity index (χ3v) is 5.61. The molecule has 2 heterocycles. The van der Waals surface area contributed by atoms with E-state index in [1.807, 2.05) is 6.92 Å². The maximum absolute atomic E-state index is 13.2. The van der Waals surface area contributed by atoms with Gasteiger partial charge in [-0.25, -0.2) is 0 Å². The van der Waals surface area contributed by atoms with Crippen LogP contribution in [0.5, 0.6) is 17.2 Å². The number of aliphatic hydroxyl groups is 1. The SMILES string of the molecule is CCOc1ccc(/C(O)=C2/C(=O)C(=O)N(Cc3ccco3)C2c2ccc(OC)c(OC)c2)cc1. The molecule has 1 aromatic heterocycles.